The number of piperidine rings is 1. The zero-order valence-corrected chi connectivity index (χ0v) is 22.6. The van der Waals surface area contributed by atoms with Crippen molar-refractivity contribution in [1.82, 2.24) is 8.87 Å². The number of thiazole rings is 1. The number of ether oxygens (including phenoxy) is 1. The van der Waals surface area contributed by atoms with Gasteiger partial charge in [0.15, 0.2) is 4.80 Å². The Morgan fingerprint density at radius 2 is 1.78 bits per heavy atom. The number of benzene rings is 2. The van der Waals surface area contributed by atoms with Crippen LogP contribution in [0, 0.1) is 5.92 Å². The van der Waals surface area contributed by atoms with Gasteiger partial charge in [-0.25, -0.2) is 22.0 Å². The molecule has 1 aromatic heterocycles. The number of hydrogen-bond acceptors (Lipinski definition) is 8. The smallest absolute Gasteiger partial charge is 0.325 e. The summed E-state index contributed by atoms with van der Waals surface area (Å²) in [5, 5.41) is 5.22. The Kier molecular flexibility index (Phi) is 7.67. The fourth-order valence-electron chi connectivity index (χ4n) is 4.10. The van der Waals surface area contributed by atoms with Crippen LogP contribution in [0.25, 0.3) is 10.2 Å². The summed E-state index contributed by atoms with van der Waals surface area (Å²) in [4.78, 5) is 29.2. The Bertz CT molecular complexity index is 1640. The van der Waals surface area contributed by atoms with Gasteiger partial charge in [0.25, 0.3) is 5.91 Å². The number of aromatic nitrogens is 1. The second kappa shape index (κ2) is 10.5. The van der Waals surface area contributed by atoms with Crippen molar-refractivity contribution in [1.29, 1.82) is 0 Å². The molecule has 0 unspecified atom stereocenters. The first-order chi connectivity index (χ1) is 17.4. The Morgan fingerprint density at radius 3 is 2.41 bits per heavy atom. The molecule has 1 aliphatic rings. The Morgan fingerprint density at radius 1 is 1.11 bits per heavy atom. The maximum atomic E-state index is 13.0. The predicted molar refractivity (Wildman–Crippen MR) is 137 cm³/mol. The number of nitrogens with zero attached hydrogens (tertiary/aromatic N) is 3. The van der Waals surface area contributed by atoms with Gasteiger partial charge in [0, 0.05) is 18.7 Å². The van der Waals surface area contributed by atoms with Crippen molar-refractivity contribution >= 4 is 53.5 Å². The number of methoxy groups -OCH3 is 1. The van der Waals surface area contributed by atoms with Crippen LogP contribution in [0.3, 0.4) is 0 Å². The van der Waals surface area contributed by atoms with Gasteiger partial charge in [0.05, 0.1) is 27.1 Å². The van der Waals surface area contributed by atoms with Gasteiger partial charge in [-0.2, -0.15) is 9.30 Å². The molecule has 0 spiro atoms. The van der Waals surface area contributed by atoms with Crippen LogP contribution in [-0.2, 0) is 36.1 Å². The van der Waals surface area contributed by atoms with E-state index in [4.69, 9.17) is 9.88 Å². The zero-order chi connectivity index (χ0) is 27.0. The average Bonchev–Trinajstić information content (AvgIpc) is 3.19. The number of primary sulfonamides is 1. The first-order valence-electron chi connectivity index (χ1n) is 11.3. The highest BCUT2D eigenvalue weighted by atomic mass is 32.2. The Balaban J connectivity index is 1.70. The second-order valence-electron chi connectivity index (χ2n) is 8.77. The number of carbonyl (C=O) groups is 2. The lowest BCUT2D eigenvalue weighted by Crippen LogP contribution is -2.39. The van der Waals surface area contributed by atoms with Crippen LogP contribution in [0.2, 0.25) is 0 Å². The maximum absolute atomic E-state index is 13.0. The molecule has 0 radical (unpaired) electrons. The summed E-state index contributed by atoms with van der Waals surface area (Å²) in [7, 11) is -6.42. The van der Waals surface area contributed by atoms with E-state index >= 15 is 0 Å². The van der Waals surface area contributed by atoms with Gasteiger partial charge in [-0.3, -0.25) is 9.59 Å². The molecule has 2 heterocycles. The van der Waals surface area contributed by atoms with E-state index in [0.717, 1.165) is 24.2 Å². The van der Waals surface area contributed by atoms with Crippen LogP contribution < -0.4 is 9.94 Å². The van der Waals surface area contributed by atoms with E-state index in [1.165, 1.54) is 58.4 Å². The molecule has 4 rings (SSSR count). The van der Waals surface area contributed by atoms with Gasteiger partial charge in [0.1, 0.15) is 6.54 Å². The van der Waals surface area contributed by atoms with Gasteiger partial charge in [-0.05, 0) is 61.2 Å². The van der Waals surface area contributed by atoms with E-state index in [-0.39, 0.29) is 32.6 Å². The van der Waals surface area contributed by atoms with Crippen LogP contribution in [0.4, 0.5) is 0 Å². The predicted octanol–water partition coefficient (Wildman–Crippen LogP) is 1.68. The molecule has 1 aliphatic heterocycles. The first-order valence-corrected chi connectivity index (χ1v) is 15.1. The van der Waals surface area contributed by atoms with Gasteiger partial charge in [-0.1, -0.05) is 18.3 Å². The second-order valence-corrected chi connectivity index (χ2v) is 13.3. The minimum absolute atomic E-state index is 0.0938. The largest absolute Gasteiger partial charge is 0.468 e. The lowest BCUT2D eigenvalue weighted by atomic mass is 10.0. The molecule has 14 heteroatoms. The van der Waals surface area contributed by atoms with Crippen LogP contribution in [0.1, 0.15) is 30.1 Å². The van der Waals surface area contributed by atoms with Gasteiger partial charge in [-0.15, -0.1) is 0 Å². The monoisotopic (exact) mass is 566 g/mol. The average molecular weight is 567 g/mol. The summed E-state index contributed by atoms with van der Waals surface area (Å²) >= 11 is 1.00. The van der Waals surface area contributed by atoms with Crippen molar-refractivity contribution in [3.8, 4) is 0 Å². The quantitative estimate of drug-likeness (QED) is 0.445. The number of sulfonamides is 2. The van der Waals surface area contributed by atoms with Crippen LogP contribution >= 0.6 is 11.3 Å². The molecule has 1 atom stereocenters. The molecule has 198 valence electrons. The fraction of sp³-hybridized carbons (Fsp3) is 0.348. The molecule has 37 heavy (non-hydrogen) atoms. The summed E-state index contributed by atoms with van der Waals surface area (Å²) in [6.45, 7) is 2.67. The van der Waals surface area contributed by atoms with Crippen molar-refractivity contribution in [3.63, 3.8) is 0 Å². The molecular formula is C23H26N4O7S3. The molecule has 2 N–H and O–H groups in total. The summed E-state index contributed by atoms with van der Waals surface area (Å²) < 4.78 is 57.6. The molecule has 3 aromatic rings. The molecule has 11 nitrogen and oxygen atoms in total. The molecule has 1 saturated heterocycles. The van der Waals surface area contributed by atoms with Gasteiger partial charge >= 0.3 is 5.97 Å². The number of nitrogens with two attached hydrogens (primary N) is 1. The standard InChI is InChI=1S/C23H26N4O7S3/c1-15-4-3-11-26(13-15)37(32,33)17-7-5-16(6-8-17)22(29)25-23-27(14-21(28)34-2)19-10-9-18(36(24,30)31)12-20(19)35-23/h5-10,12,15H,3-4,11,13-14H2,1-2H3,(H2,24,30,31)/t15-/m1/s1. The topological polar surface area (TPSA) is 158 Å². The third-order valence-electron chi connectivity index (χ3n) is 6.05. The van der Waals surface area contributed by atoms with E-state index in [1.54, 1.807) is 0 Å². The lowest BCUT2D eigenvalue weighted by molar-refractivity contribution is -0.141. The Hall–Kier alpha value is -2.91. The zero-order valence-electron chi connectivity index (χ0n) is 20.2. The summed E-state index contributed by atoms with van der Waals surface area (Å²) in [6, 6.07) is 9.65. The molecular weight excluding hydrogens is 540 g/mol. The normalized spacial score (nSPS) is 17.7. The van der Waals surface area contributed by atoms with Crippen LogP contribution in [-0.4, -0.2) is 57.8 Å². The third-order valence-corrected chi connectivity index (χ3v) is 9.89. The highest BCUT2D eigenvalue weighted by molar-refractivity contribution is 7.89. The van der Waals surface area contributed by atoms with Crippen LogP contribution in [0.5, 0.6) is 0 Å². The molecule has 1 amide bonds. The van der Waals surface area contributed by atoms with E-state index < -0.39 is 31.9 Å². The van der Waals surface area contributed by atoms with Gasteiger partial charge in [0.2, 0.25) is 20.0 Å². The maximum Gasteiger partial charge on any atom is 0.325 e. The summed E-state index contributed by atoms with van der Waals surface area (Å²) in [6.07, 6.45) is 1.79. The van der Waals surface area contributed by atoms with Gasteiger partial charge < -0.3 is 9.30 Å². The molecule has 0 saturated carbocycles. The Labute approximate surface area is 218 Å². The number of carbonyl (C=O) groups excluding carboxylic acids is 2. The molecule has 1 fully saturated rings. The number of fused-ring (bicyclic) bond motifs is 1. The first kappa shape index (κ1) is 27.1. The third kappa shape index (κ3) is 5.83. The van der Waals surface area contributed by atoms with E-state index in [2.05, 4.69) is 4.99 Å². The number of rotatable bonds is 6. The fourth-order valence-corrected chi connectivity index (χ4v) is 7.38. The van der Waals surface area contributed by atoms with Crippen molar-refractivity contribution in [2.24, 2.45) is 16.0 Å². The van der Waals surface area contributed by atoms with Crippen molar-refractivity contribution in [2.45, 2.75) is 36.1 Å². The molecule has 2 aromatic carbocycles. The van der Waals surface area contributed by atoms with E-state index in [9.17, 15) is 26.4 Å². The SMILES string of the molecule is COC(=O)Cn1c(=NC(=O)c2ccc(S(=O)(=O)N3CCC[C@@H](C)C3)cc2)sc2cc(S(N)(=O)=O)ccc21. The molecule has 0 bridgehead atoms. The minimum Gasteiger partial charge on any atom is -0.468 e. The van der Waals surface area contributed by atoms with Crippen LogP contribution in [0.15, 0.2) is 57.2 Å². The summed E-state index contributed by atoms with van der Waals surface area (Å²) in [5.41, 5.74) is 0.616. The van der Waals surface area contributed by atoms with E-state index in [1.807, 2.05) is 6.92 Å². The molecule has 0 aliphatic carbocycles. The van der Waals surface area contributed by atoms with Crippen molar-refractivity contribution in [3.05, 3.63) is 52.8 Å². The van der Waals surface area contributed by atoms with Crippen molar-refractivity contribution in [2.75, 3.05) is 20.2 Å². The lowest BCUT2D eigenvalue weighted by Gasteiger charge is -2.30. The summed E-state index contributed by atoms with van der Waals surface area (Å²) in [5.74, 6) is -0.972. The number of esters is 1. The number of hydrogen-bond donors (Lipinski definition) is 1. The minimum atomic E-state index is -3.96. The van der Waals surface area contributed by atoms with Crippen molar-refractivity contribution < 1.29 is 31.2 Å². The highest BCUT2D eigenvalue weighted by Crippen LogP contribution is 2.24. The highest BCUT2D eigenvalue weighted by Gasteiger charge is 2.28. The number of amides is 1. The van der Waals surface area contributed by atoms with E-state index in [0.29, 0.717) is 23.3 Å².